The molecule has 0 amide bonds. The van der Waals surface area contributed by atoms with Crippen LogP contribution >= 0.6 is 0 Å². The number of H-pyrrole nitrogens is 1. The second kappa shape index (κ2) is 6.62. The van der Waals surface area contributed by atoms with Gasteiger partial charge in [0.05, 0.1) is 0 Å². The Morgan fingerprint density at radius 2 is 2.00 bits per heavy atom. The number of hydrogen-bond acceptors (Lipinski definition) is 2. The molecule has 0 unspecified atom stereocenters. The highest BCUT2D eigenvalue weighted by molar-refractivity contribution is 5.83. The van der Waals surface area contributed by atoms with Crippen LogP contribution in [0.1, 0.15) is 23.7 Å². The molecule has 0 aliphatic rings. The number of rotatable bonds is 4. The fourth-order valence-electron chi connectivity index (χ4n) is 2.59. The van der Waals surface area contributed by atoms with Crippen molar-refractivity contribution in [3.8, 4) is 11.4 Å². The Labute approximate surface area is 140 Å². The number of aromatic nitrogens is 2. The molecule has 120 valence electrons. The molecule has 4 heteroatoms. The van der Waals surface area contributed by atoms with E-state index < -0.39 is 0 Å². The lowest BCUT2D eigenvalue weighted by molar-refractivity contribution is 0.627. The van der Waals surface area contributed by atoms with Gasteiger partial charge in [-0.2, -0.15) is 0 Å². The SMILES string of the molecule is C=Nc1[nH]c(-c2ccccc2C)nc1/C=C(\C)c1cccc(F)c1. The molecule has 2 aromatic carbocycles. The zero-order valence-electron chi connectivity index (χ0n) is 13.7. The van der Waals surface area contributed by atoms with E-state index in [2.05, 4.69) is 21.7 Å². The highest BCUT2D eigenvalue weighted by Crippen LogP contribution is 2.28. The maximum absolute atomic E-state index is 13.4. The minimum absolute atomic E-state index is 0.259. The van der Waals surface area contributed by atoms with E-state index in [1.807, 2.05) is 50.3 Å². The number of benzene rings is 2. The summed E-state index contributed by atoms with van der Waals surface area (Å²) in [6.45, 7) is 7.56. The number of nitrogens with zero attached hydrogens (tertiary/aromatic N) is 2. The normalized spacial score (nSPS) is 11.5. The Hall–Kier alpha value is -3.01. The lowest BCUT2D eigenvalue weighted by Crippen LogP contribution is -1.85. The Bertz CT molecular complexity index is 922. The zero-order chi connectivity index (χ0) is 17.1. The van der Waals surface area contributed by atoms with E-state index in [1.165, 1.54) is 12.1 Å². The van der Waals surface area contributed by atoms with Gasteiger partial charge in [0.2, 0.25) is 0 Å². The van der Waals surface area contributed by atoms with Crippen molar-refractivity contribution in [2.75, 3.05) is 0 Å². The average Bonchev–Trinajstić information content (AvgIpc) is 2.98. The number of imidazole rings is 1. The number of aliphatic imine (C=N–C) groups is 1. The third-order valence-corrected chi connectivity index (χ3v) is 3.90. The molecule has 0 radical (unpaired) electrons. The number of halogens is 1. The zero-order valence-corrected chi connectivity index (χ0v) is 13.7. The van der Waals surface area contributed by atoms with Crippen molar-refractivity contribution >= 4 is 24.2 Å². The molecule has 3 aromatic rings. The summed E-state index contributed by atoms with van der Waals surface area (Å²) in [6.07, 6.45) is 1.89. The predicted octanol–water partition coefficient (Wildman–Crippen LogP) is 5.42. The Balaban J connectivity index is 2.04. The Morgan fingerprint density at radius 1 is 1.21 bits per heavy atom. The molecule has 0 saturated carbocycles. The summed E-state index contributed by atoms with van der Waals surface area (Å²) in [4.78, 5) is 11.9. The van der Waals surface area contributed by atoms with E-state index in [0.717, 1.165) is 28.1 Å². The first-order valence-electron chi connectivity index (χ1n) is 7.65. The van der Waals surface area contributed by atoms with E-state index in [0.29, 0.717) is 11.5 Å². The third-order valence-electron chi connectivity index (χ3n) is 3.90. The van der Waals surface area contributed by atoms with E-state index >= 15 is 0 Å². The minimum atomic E-state index is -0.259. The largest absolute Gasteiger partial charge is 0.323 e. The predicted molar refractivity (Wildman–Crippen MR) is 97.9 cm³/mol. The summed E-state index contributed by atoms with van der Waals surface area (Å²) in [7, 11) is 0. The van der Waals surface area contributed by atoms with E-state index in [4.69, 9.17) is 0 Å². The first kappa shape index (κ1) is 15.9. The van der Waals surface area contributed by atoms with E-state index in [1.54, 1.807) is 6.07 Å². The van der Waals surface area contributed by atoms with Crippen molar-refractivity contribution in [1.29, 1.82) is 0 Å². The summed E-state index contributed by atoms with van der Waals surface area (Å²) in [6, 6.07) is 14.5. The lowest BCUT2D eigenvalue weighted by atomic mass is 10.1. The number of nitrogens with one attached hydrogen (secondary N) is 1. The minimum Gasteiger partial charge on any atom is -0.323 e. The molecule has 1 N–H and O–H groups in total. The molecule has 0 fully saturated rings. The molecule has 3 nitrogen and oxygen atoms in total. The number of aromatic amines is 1. The topological polar surface area (TPSA) is 41.0 Å². The van der Waals surface area contributed by atoms with Gasteiger partial charge < -0.3 is 4.98 Å². The van der Waals surface area contributed by atoms with Crippen LogP contribution in [0.25, 0.3) is 23.0 Å². The second-order valence-corrected chi connectivity index (χ2v) is 5.63. The summed E-state index contributed by atoms with van der Waals surface area (Å²) < 4.78 is 13.4. The molecule has 0 saturated heterocycles. The smallest absolute Gasteiger partial charge is 0.157 e. The van der Waals surface area contributed by atoms with Crippen LogP contribution in [-0.2, 0) is 0 Å². The summed E-state index contributed by atoms with van der Waals surface area (Å²) >= 11 is 0. The quantitative estimate of drug-likeness (QED) is 0.641. The fraction of sp³-hybridized carbons (Fsp3) is 0.100. The van der Waals surface area contributed by atoms with Crippen molar-refractivity contribution in [2.45, 2.75) is 13.8 Å². The van der Waals surface area contributed by atoms with Crippen LogP contribution < -0.4 is 0 Å². The molecule has 0 spiro atoms. The first-order chi connectivity index (χ1) is 11.6. The molecular formula is C20H18FN3. The van der Waals surface area contributed by atoms with Crippen molar-refractivity contribution in [2.24, 2.45) is 4.99 Å². The summed E-state index contributed by atoms with van der Waals surface area (Å²) in [5.41, 5.74) is 4.54. The van der Waals surface area contributed by atoms with Gasteiger partial charge in [-0.05, 0) is 55.5 Å². The van der Waals surface area contributed by atoms with Gasteiger partial charge in [-0.25, -0.2) is 14.4 Å². The maximum Gasteiger partial charge on any atom is 0.157 e. The highest BCUT2D eigenvalue weighted by Gasteiger charge is 2.11. The average molecular weight is 319 g/mol. The van der Waals surface area contributed by atoms with Crippen molar-refractivity contribution in [3.63, 3.8) is 0 Å². The summed E-state index contributed by atoms with van der Waals surface area (Å²) in [5, 5.41) is 0. The Kier molecular flexibility index (Phi) is 4.38. The number of hydrogen-bond donors (Lipinski definition) is 1. The van der Waals surface area contributed by atoms with Crippen LogP contribution in [0.2, 0.25) is 0 Å². The maximum atomic E-state index is 13.4. The lowest BCUT2D eigenvalue weighted by Gasteiger charge is -2.01. The molecular weight excluding hydrogens is 301 g/mol. The van der Waals surface area contributed by atoms with Crippen molar-refractivity contribution < 1.29 is 4.39 Å². The van der Waals surface area contributed by atoms with E-state index in [9.17, 15) is 4.39 Å². The van der Waals surface area contributed by atoms with Crippen LogP contribution in [0.5, 0.6) is 0 Å². The van der Waals surface area contributed by atoms with Gasteiger partial charge in [-0.3, -0.25) is 0 Å². The molecule has 24 heavy (non-hydrogen) atoms. The van der Waals surface area contributed by atoms with Gasteiger partial charge in [0.1, 0.15) is 17.3 Å². The Morgan fingerprint density at radius 3 is 2.71 bits per heavy atom. The molecule has 1 aromatic heterocycles. The van der Waals surface area contributed by atoms with Crippen LogP contribution in [0.15, 0.2) is 53.5 Å². The standard InChI is InChI=1S/C20H18FN3/c1-13-7-4-5-10-17(13)19-23-18(20(22-3)24-19)11-14(2)15-8-6-9-16(21)12-15/h4-12H,3H2,1-2H3,(H,23,24)/b14-11+. The van der Waals surface area contributed by atoms with Gasteiger partial charge in [-0.1, -0.05) is 36.4 Å². The monoisotopic (exact) mass is 319 g/mol. The highest BCUT2D eigenvalue weighted by atomic mass is 19.1. The molecule has 1 heterocycles. The van der Waals surface area contributed by atoms with Crippen LogP contribution in [0.4, 0.5) is 10.2 Å². The van der Waals surface area contributed by atoms with Gasteiger partial charge in [0.25, 0.3) is 0 Å². The van der Waals surface area contributed by atoms with Gasteiger partial charge in [0, 0.05) is 5.56 Å². The molecule has 0 aliphatic heterocycles. The van der Waals surface area contributed by atoms with Crippen LogP contribution in [0, 0.1) is 12.7 Å². The molecule has 0 aliphatic carbocycles. The molecule has 3 rings (SSSR count). The van der Waals surface area contributed by atoms with Gasteiger partial charge in [-0.15, -0.1) is 0 Å². The number of allylic oxidation sites excluding steroid dienone is 1. The van der Waals surface area contributed by atoms with Crippen molar-refractivity contribution in [3.05, 3.63) is 71.2 Å². The van der Waals surface area contributed by atoms with Gasteiger partial charge in [0.15, 0.2) is 5.82 Å². The third kappa shape index (κ3) is 3.18. The van der Waals surface area contributed by atoms with Crippen LogP contribution in [-0.4, -0.2) is 16.7 Å². The van der Waals surface area contributed by atoms with Crippen LogP contribution in [0.3, 0.4) is 0 Å². The fourth-order valence-corrected chi connectivity index (χ4v) is 2.59. The molecule has 0 atom stereocenters. The summed E-state index contributed by atoms with van der Waals surface area (Å²) in [5.74, 6) is 1.09. The first-order valence-corrected chi connectivity index (χ1v) is 7.65. The molecule has 0 bridgehead atoms. The van der Waals surface area contributed by atoms with E-state index in [-0.39, 0.29) is 5.82 Å². The number of aryl methyl sites for hydroxylation is 1. The second-order valence-electron chi connectivity index (χ2n) is 5.63. The van der Waals surface area contributed by atoms with Gasteiger partial charge >= 0.3 is 0 Å². The van der Waals surface area contributed by atoms with Crippen molar-refractivity contribution in [1.82, 2.24) is 9.97 Å².